The second kappa shape index (κ2) is 5.01. The monoisotopic (exact) mass is 250 g/mol. The van der Waals surface area contributed by atoms with E-state index in [1.807, 2.05) is 13.8 Å². The largest absolute Gasteiger partial charge is 0.394 e. The average molecular weight is 250 g/mol. The molecule has 2 heterocycles. The molecule has 0 amide bonds. The van der Waals surface area contributed by atoms with Crippen LogP contribution in [0.4, 0.5) is 0 Å². The Bertz CT molecular complexity index is 524. The molecule has 0 bridgehead atoms. The van der Waals surface area contributed by atoms with Gasteiger partial charge >= 0.3 is 0 Å². The molecule has 0 saturated carbocycles. The van der Waals surface area contributed by atoms with Crippen molar-refractivity contribution in [3.05, 3.63) is 24.2 Å². The van der Waals surface area contributed by atoms with E-state index in [4.69, 9.17) is 5.11 Å². The summed E-state index contributed by atoms with van der Waals surface area (Å²) in [5.41, 5.74) is 1.11. The molecule has 6 heteroatoms. The maximum Gasteiger partial charge on any atom is 0.0936 e. The molecule has 0 saturated heterocycles. The van der Waals surface area contributed by atoms with Crippen LogP contribution in [0.2, 0.25) is 0 Å². The molecule has 0 aliphatic heterocycles. The van der Waals surface area contributed by atoms with E-state index in [-0.39, 0.29) is 6.61 Å². The van der Waals surface area contributed by atoms with Crippen molar-refractivity contribution >= 4 is 10.9 Å². The van der Waals surface area contributed by atoms with Crippen molar-refractivity contribution in [2.45, 2.75) is 25.5 Å². The molecule has 18 heavy (non-hydrogen) atoms. The second-order valence-corrected chi connectivity index (χ2v) is 5.00. The molecule has 6 nitrogen and oxygen atoms in total. The fraction of sp³-hybridized carbons (Fsp3) is 0.500. The third-order valence-electron chi connectivity index (χ3n) is 2.93. The minimum atomic E-state index is -0.690. The highest BCUT2D eigenvalue weighted by molar-refractivity contribution is 5.80. The first-order valence-corrected chi connectivity index (χ1v) is 5.84. The number of aliphatic hydroxyl groups excluding tert-OH is 2. The van der Waals surface area contributed by atoms with Crippen molar-refractivity contribution in [3.63, 3.8) is 0 Å². The molecule has 0 aromatic carbocycles. The lowest BCUT2D eigenvalue weighted by atomic mass is 10.0. The maximum absolute atomic E-state index is 10.2. The summed E-state index contributed by atoms with van der Waals surface area (Å²) in [6, 6.07) is 0. The predicted octanol–water partition coefficient (Wildman–Crippen LogP) is 0.352. The number of rotatable bonds is 5. The van der Waals surface area contributed by atoms with Gasteiger partial charge < -0.3 is 15.5 Å². The van der Waals surface area contributed by atoms with Gasteiger partial charge in [0, 0.05) is 29.2 Å². The Hall–Kier alpha value is -1.50. The van der Waals surface area contributed by atoms with Crippen LogP contribution in [-0.2, 0) is 0 Å². The Morgan fingerprint density at radius 3 is 2.89 bits per heavy atom. The number of hydrogen-bond acceptors (Lipinski definition) is 5. The van der Waals surface area contributed by atoms with Gasteiger partial charge in [0.15, 0.2) is 0 Å². The molecule has 0 aliphatic carbocycles. The summed E-state index contributed by atoms with van der Waals surface area (Å²) < 4.78 is 0. The van der Waals surface area contributed by atoms with Gasteiger partial charge in [0.1, 0.15) is 0 Å². The van der Waals surface area contributed by atoms with Crippen LogP contribution in [0.15, 0.2) is 18.6 Å². The van der Waals surface area contributed by atoms with E-state index in [1.54, 1.807) is 18.6 Å². The number of H-pyrrole nitrogens is 1. The third kappa shape index (κ3) is 2.66. The zero-order chi connectivity index (χ0) is 13.2. The van der Waals surface area contributed by atoms with Gasteiger partial charge in [0.05, 0.1) is 30.6 Å². The van der Waals surface area contributed by atoms with Crippen LogP contribution >= 0.6 is 0 Å². The summed E-state index contributed by atoms with van der Waals surface area (Å²) in [7, 11) is 0. The standard InChI is InChI=1S/C12H18N4O2/c1-12(2,7-17)14-6-11(18)9-3-13-5-10-8(9)4-15-16-10/h3-5,11,14,17-18H,6-7H2,1-2H3,(H,15,16)/t11-/m0/s1. The van der Waals surface area contributed by atoms with E-state index in [1.165, 1.54) is 0 Å². The smallest absolute Gasteiger partial charge is 0.0936 e. The molecule has 2 aromatic rings. The van der Waals surface area contributed by atoms with E-state index >= 15 is 0 Å². The highest BCUT2D eigenvalue weighted by Crippen LogP contribution is 2.21. The van der Waals surface area contributed by atoms with Crippen LogP contribution in [-0.4, -0.2) is 44.1 Å². The Labute approximate surface area is 105 Å². The van der Waals surface area contributed by atoms with Gasteiger partial charge in [-0.1, -0.05) is 0 Å². The molecule has 0 unspecified atom stereocenters. The molecule has 0 spiro atoms. The van der Waals surface area contributed by atoms with Gasteiger partial charge in [-0.3, -0.25) is 10.1 Å². The Kier molecular flexibility index (Phi) is 3.60. The van der Waals surface area contributed by atoms with Crippen molar-refractivity contribution in [2.75, 3.05) is 13.2 Å². The van der Waals surface area contributed by atoms with E-state index in [9.17, 15) is 5.11 Å². The number of nitrogens with one attached hydrogen (secondary N) is 2. The van der Waals surface area contributed by atoms with Gasteiger partial charge in [-0.15, -0.1) is 0 Å². The fourth-order valence-electron chi connectivity index (χ4n) is 1.69. The summed E-state index contributed by atoms with van der Waals surface area (Å²) in [5.74, 6) is 0. The van der Waals surface area contributed by atoms with Crippen LogP contribution in [0.5, 0.6) is 0 Å². The quantitative estimate of drug-likeness (QED) is 0.614. The van der Waals surface area contributed by atoms with Crippen molar-refractivity contribution in [2.24, 2.45) is 0 Å². The van der Waals surface area contributed by atoms with E-state index < -0.39 is 11.6 Å². The number of aromatic nitrogens is 3. The molecule has 2 aromatic heterocycles. The fourth-order valence-corrected chi connectivity index (χ4v) is 1.69. The van der Waals surface area contributed by atoms with Gasteiger partial charge in [0.25, 0.3) is 0 Å². The molecular formula is C12H18N4O2. The summed E-state index contributed by atoms with van der Waals surface area (Å²) >= 11 is 0. The minimum Gasteiger partial charge on any atom is -0.394 e. The molecule has 1 atom stereocenters. The second-order valence-electron chi connectivity index (χ2n) is 5.00. The number of fused-ring (bicyclic) bond motifs is 1. The van der Waals surface area contributed by atoms with Crippen LogP contribution in [0.25, 0.3) is 10.9 Å². The number of β-amino-alcohol motifs (C(OH)–C–C–N with tert-alkyl or cyclic N) is 1. The van der Waals surface area contributed by atoms with Crippen molar-refractivity contribution < 1.29 is 10.2 Å². The molecular weight excluding hydrogens is 232 g/mol. The molecule has 4 N–H and O–H groups in total. The van der Waals surface area contributed by atoms with Gasteiger partial charge in [-0.2, -0.15) is 5.10 Å². The normalized spacial score (nSPS) is 14.0. The highest BCUT2D eigenvalue weighted by atomic mass is 16.3. The number of aromatic amines is 1. The average Bonchev–Trinajstić information content (AvgIpc) is 2.84. The predicted molar refractivity (Wildman–Crippen MR) is 68.0 cm³/mol. The molecule has 0 radical (unpaired) electrons. The first kappa shape index (κ1) is 12.9. The molecule has 0 fully saturated rings. The van der Waals surface area contributed by atoms with E-state index in [0.717, 1.165) is 16.5 Å². The number of aliphatic hydroxyl groups is 2. The molecule has 98 valence electrons. The molecule has 2 rings (SSSR count). The Morgan fingerprint density at radius 1 is 1.39 bits per heavy atom. The summed E-state index contributed by atoms with van der Waals surface area (Å²) in [5, 5.41) is 30.0. The van der Waals surface area contributed by atoms with Crippen LogP contribution in [0.3, 0.4) is 0 Å². The summed E-state index contributed by atoms with van der Waals surface area (Å²) in [4.78, 5) is 4.06. The number of pyridine rings is 1. The van der Waals surface area contributed by atoms with Crippen LogP contribution < -0.4 is 5.32 Å². The van der Waals surface area contributed by atoms with Gasteiger partial charge in [-0.25, -0.2) is 0 Å². The van der Waals surface area contributed by atoms with Crippen molar-refractivity contribution in [1.82, 2.24) is 20.5 Å². The van der Waals surface area contributed by atoms with Crippen LogP contribution in [0.1, 0.15) is 25.5 Å². The SMILES string of the molecule is CC(C)(CO)NC[C@H](O)c1cncc2[nH]ncc12. The zero-order valence-electron chi connectivity index (χ0n) is 10.5. The third-order valence-corrected chi connectivity index (χ3v) is 2.93. The number of nitrogens with zero attached hydrogens (tertiary/aromatic N) is 2. The van der Waals surface area contributed by atoms with Gasteiger partial charge in [0.2, 0.25) is 0 Å². The highest BCUT2D eigenvalue weighted by Gasteiger charge is 2.19. The topological polar surface area (TPSA) is 94.1 Å². The van der Waals surface area contributed by atoms with Gasteiger partial charge in [-0.05, 0) is 13.8 Å². The zero-order valence-corrected chi connectivity index (χ0v) is 10.5. The van der Waals surface area contributed by atoms with Crippen LogP contribution in [0, 0.1) is 0 Å². The van der Waals surface area contributed by atoms with E-state index in [2.05, 4.69) is 20.5 Å². The lowest BCUT2D eigenvalue weighted by Crippen LogP contribution is -2.44. The van der Waals surface area contributed by atoms with Crippen molar-refractivity contribution in [1.29, 1.82) is 0 Å². The first-order valence-electron chi connectivity index (χ1n) is 5.84. The maximum atomic E-state index is 10.2. The molecule has 0 aliphatic rings. The Morgan fingerprint density at radius 2 is 2.17 bits per heavy atom. The Balaban J connectivity index is 2.14. The van der Waals surface area contributed by atoms with Crippen molar-refractivity contribution in [3.8, 4) is 0 Å². The first-order chi connectivity index (χ1) is 8.53. The lowest BCUT2D eigenvalue weighted by molar-refractivity contribution is 0.136. The number of hydrogen-bond donors (Lipinski definition) is 4. The van der Waals surface area contributed by atoms with E-state index in [0.29, 0.717) is 6.54 Å². The summed E-state index contributed by atoms with van der Waals surface area (Å²) in [6.07, 6.45) is 4.29. The lowest BCUT2D eigenvalue weighted by Gasteiger charge is -2.25. The minimum absolute atomic E-state index is 0.00782. The summed E-state index contributed by atoms with van der Waals surface area (Å²) in [6.45, 7) is 4.10.